The van der Waals surface area contributed by atoms with Crippen LogP contribution in [0.3, 0.4) is 0 Å². The van der Waals surface area contributed by atoms with Crippen LogP contribution in [-0.4, -0.2) is 21.6 Å². The molecule has 0 N–H and O–H groups in total. The SMILES string of the molecule is Cc1cc(=O)oc2cc(OCc3cn(CCCCCCOc4ccc5ccc(=O)oc5c4)nn3)ccc12. The lowest BCUT2D eigenvalue weighted by Crippen LogP contribution is -2.01. The summed E-state index contributed by atoms with van der Waals surface area (Å²) in [7, 11) is 0. The molecule has 0 aliphatic carbocycles. The Labute approximate surface area is 212 Å². The maximum atomic E-state index is 11.6. The Hall–Kier alpha value is -4.40. The number of unbranched alkanes of at least 4 members (excludes halogenated alkanes) is 3. The van der Waals surface area contributed by atoms with Crippen molar-refractivity contribution < 1.29 is 18.3 Å². The van der Waals surface area contributed by atoms with Crippen LogP contribution in [0.15, 0.2) is 79.2 Å². The highest BCUT2D eigenvalue weighted by Gasteiger charge is 2.07. The average molecular weight is 502 g/mol. The number of rotatable bonds is 11. The lowest BCUT2D eigenvalue weighted by atomic mass is 10.1. The topological polar surface area (TPSA) is 110 Å². The first-order chi connectivity index (χ1) is 18.0. The Morgan fingerprint density at radius 3 is 2.49 bits per heavy atom. The minimum absolute atomic E-state index is 0.275. The minimum atomic E-state index is -0.376. The average Bonchev–Trinajstić information content (AvgIpc) is 3.34. The number of benzene rings is 2. The molecule has 3 aromatic heterocycles. The predicted molar refractivity (Wildman–Crippen MR) is 138 cm³/mol. The van der Waals surface area contributed by atoms with Crippen LogP contribution in [0.5, 0.6) is 11.5 Å². The number of nitrogens with zero attached hydrogens (tertiary/aromatic N) is 3. The zero-order chi connectivity index (χ0) is 25.6. The molecule has 37 heavy (non-hydrogen) atoms. The van der Waals surface area contributed by atoms with Crippen molar-refractivity contribution in [2.75, 3.05) is 6.61 Å². The van der Waals surface area contributed by atoms with E-state index in [1.807, 2.05) is 42.1 Å². The second kappa shape index (κ2) is 11.1. The predicted octanol–water partition coefficient (Wildman–Crippen LogP) is 5.02. The van der Waals surface area contributed by atoms with Gasteiger partial charge >= 0.3 is 11.3 Å². The highest BCUT2D eigenvalue weighted by atomic mass is 16.5. The molecule has 0 amide bonds. The molecule has 190 valence electrons. The molecule has 2 aromatic carbocycles. The third-order valence-electron chi connectivity index (χ3n) is 6.04. The van der Waals surface area contributed by atoms with Gasteiger partial charge in [-0.3, -0.25) is 4.68 Å². The molecule has 0 unspecified atom stereocenters. The number of fused-ring (bicyclic) bond motifs is 2. The van der Waals surface area contributed by atoms with E-state index in [0.717, 1.165) is 54.3 Å². The molecule has 5 aromatic rings. The van der Waals surface area contributed by atoms with Gasteiger partial charge in [0.15, 0.2) is 0 Å². The molecule has 3 heterocycles. The Balaban J connectivity index is 1.01. The summed E-state index contributed by atoms with van der Waals surface area (Å²) in [6.07, 6.45) is 5.87. The zero-order valence-electron chi connectivity index (χ0n) is 20.5. The fourth-order valence-corrected chi connectivity index (χ4v) is 4.12. The maximum Gasteiger partial charge on any atom is 0.336 e. The van der Waals surface area contributed by atoms with Gasteiger partial charge in [-0.05, 0) is 62.1 Å². The van der Waals surface area contributed by atoms with Crippen molar-refractivity contribution in [2.45, 2.75) is 45.8 Å². The summed E-state index contributed by atoms with van der Waals surface area (Å²) in [6.45, 7) is 3.53. The highest BCUT2D eigenvalue weighted by molar-refractivity contribution is 5.81. The maximum absolute atomic E-state index is 11.6. The molecule has 0 fully saturated rings. The Kier molecular flexibility index (Phi) is 7.30. The molecule has 0 aliphatic rings. The van der Waals surface area contributed by atoms with E-state index in [9.17, 15) is 9.59 Å². The van der Waals surface area contributed by atoms with Crippen LogP contribution in [0.1, 0.15) is 36.9 Å². The minimum Gasteiger partial charge on any atom is -0.493 e. The van der Waals surface area contributed by atoms with E-state index in [4.69, 9.17) is 18.3 Å². The smallest absolute Gasteiger partial charge is 0.336 e. The molecule has 9 heteroatoms. The van der Waals surface area contributed by atoms with Gasteiger partial charge in [-0.2, -0.15) is 0 Å². The molecular formula is C28H27N3O6. The van der Waals surface area contributed by atoms with Gasteiger partial charge in [0.25, 0.3) is 0 Å². The van der Waals surface area contributed by atoms with Gasteiger partial charge in [0.1, 0.15) is 35.0 Å². The van der Waals surface area contributed by atoms with Gasteiger partial charge in [0.2, 0.25) is 0 Å². The lowest BCUT2D eigenvalue weighted by Gasteiger charge is -2.07. The molecule has 5 rings (SSSR count). The van der Waals surface area contributed by atoms with E-state index in [-0.39, 0.29) is 17.9 Å². The van der Waals surface area contributed by atoms with Gasteiger partial charge in [-0.1, -0.05) is 11.6 Å². The third kappa shape index (κ3) is 6.24. The molecule has 0 saturated heterocycles. The normalized spacial score (nSPS) is 11.3. The second-order valence-electron chi connectivity index (χ2n) is 8.88. The van der Waals surface area contributed by atoms with Crippen molar-refractivity contribution in [2.24, 2.45) is 0 Å². The quantitative estimate of drug-likeness (QED) is 0.183. The van der Waals surface area contributed by atoms with Crippen molar-refractivity contribution in [3.63, 3.8) is 0 Å². The van der Waals surface area contributed by atoms with Gasteiger partial charge in [0, 0.05) is 41.6 Å². The van der Waals surface area contributed by atoms with E-state index in [1.165, 1.54) is 12.1 Å². The molecule has 0 bridgehead atoms. The number of hydrogen-bond donors (Lipinski definition) is 0. The van der Waals surface area contributed by atoms with Crippen LogP contribution in [0.4, 0.5) is 0 Å². The van der Waals surface area contributed by atoms with Gasteiger partial charge in [-0.25, -0.2) is 9.59 Å². The molecular weight excluding hydrogens is 474 g/mol. The Morgan fingerprint density at radius 1 is 0.811 bits per heavy atom. The number of ether oxygens (including phenoxy) is 2. The third-order valence-corrected chi connectivity index (χ3v) is 6.04. The van der Waals surface area contributed by atoms with Gasteiger partial charge in [-0.15, -0.1) is 5.10 Å². The van der Waals surface area contributed by atoms with E-state index in [1.54, 1.807) is 18.2 Å². The summed E-state index contributed by atoms with van der Waals surface area (Å²) < 4.78 is 23.9. The van der Waals surface area contributed by atoms with Crippen LogP contribution in [-0.2, 0) is 13.2 Å². The molecule has 0 saturated carbocycles. The molecule has 9 nitrogen and oxygen atoms in total. The van der Waals surface area contributed by atoms with Crippen LogP contribution in [0, 0.1) is 6.92 Å². The molecule has 0 atom stereocenters. The molecule has 0 radical (unpaired) electrons. The molecule has 0 aliphatic heterocycles. The van der Waals surface area contributed by atoms with Crippen molar-refractivity contribution in [3.8, 4) is 11.5 Å². The summed E-state index contributed by atoms with van der Waals surface area (Å²) in [4.78, 5) is 23.0. The van der Waals surface area contributed by atoms with Crippen molar-refractivity contribution in [1.82, 2.24) is 15.0 Å². The fourth-order valence-electron chi connectivity index (χ4n) is 4.12. The number of hydrogen-bond acceptors (Lipinski definition) is 8. The standard InChI is InChI=1S/C28H27N3O6/c1-19-14-28(33)37-26-16-23(9-10-24(19)26)35-18-21-17-31(30-29-21)12-4-2-3-5-13-34-22-8-6-20-7-11-27(32)36-25(20)15-22/h6-11,14-17H,2-5,12-13,18H2,1H3. The first kappa shape index (κ1) is 24.3. The zero-order valence-corrected chi connectivity index (χ0v) is 20.5. The van der Waals surface area contributed by atoms with E-state index >= 15 is 0 Å². The lowest BCUT2D eigenvalue weighted by molar-refractivity contribution is 0.301. The first-order valence-electron chi connectivity index (χ1n) is 12.3. The monoisotopic (exact) mass is 501 g/mol. The summed E-state index contributed by atoms with van der Waals surface area (Å²) in [5.41, 5.74) is 1.89. The van der Waals surface area contributed by atoms with Crippen molar-refractivity contribution in [3.05, 3.63) is 92.9 Å². The summed E-state index contributed by atoms with van der Waals surface area (Å²) in [5.74, 6) is 1.30. The number of aromatic nitrogens is 3. The van der Waals surface area contributed by atoms with Crippen molar-refractivity contribution in [1.29, 1.82) is 0 Å². The highest BCUT2D eigenvalue weighted by Crippen LogP contribution is 2.23. The van der Waals surface area contributed by atoms with Crippen LogP contribution in [0.25, 0.3) is 21.9 Å². The van der Waals surface area contributed by atoms with E-state index in [0.29, 0.717) is 29.3 Å². The van der Waals surface area contributed by atoms with Crippen LogP contribution >= 0.6 is 0 Å². The van der Waals surface area contributed by atoms with Crippen LogP contribution < -0.4 is 20.7 Å². The largest absolute Gasteiger partial charge is 0.493 e. The summed E-state index contributed by atoms with van der Waals surface area (Å²) in [6, 6.07) is 15.6. The summed E-state index contributed by atoms with van der Waals surface area (Å²) >= 11 is 0. The van der Waals surface area contributed by atoms with Gasteiger partial charge in [0.05, 0.1) is 12.8 Å². The Morgan fingerprint density at radius 2 is 1.57 bits per heavy atom. The number of aryl methyl sites for hydroxylation is 2. The van der Waals surface area contributed by atoms with E-state index in [2.05, 4.69) is 10.3 Å². The molecule has 0 spiro atoms. The fraction of sp³-hybridized carbons (Fsp3) is 0.286. The van der Waals surface area contributed by atoms with Gasteiger partial charge < -0.3 is 18.3 Å². The van der Waals surface area contributed by atoms with Crippen LogP contribution in [0.2, 0.25) is 0 Å². The van der Waals surface area contributed by atoms with Crippen molar-refractivity contribution >= 4 is 21.9 Å². The van der Waals surface area contributed by atoms with E-state index < -0.39 is 0 Å². The first-order valence-corrected chi connectivity index (χ1v) is 12.3. The summed E-state index contributed by atoms with van der Waals surface area (Å²) in [5, 5.41) is 10.1. The Bertz CT molecular complexity index is 1630. The second-order valence-corrected chi connectivity index (χ2v) is 8.88.